The van der Waals surface area contributed by atoms with Crippen molar-refractivity contribution >= 4 is 83.0 Å². The van der Waals surface area contributed by atoms with Gasteiger partial charge in [0, 0.05) is 5.88 Å². The van der Waals surface area contributed by atoms with Crippen molar-refractivity contribution in [3.05, 3.63) is 0 Å². The number of halogens is 4. The van der Waals surface area contributed by atoms with E-state index >= 15 is 0 Å². The summed E-state index contributed by atoms with van der Waals surface area (Å²) < 4.78 is 78.2. The molecule has 0 atom stereocenters. The molecule has 0 amide bonds. The van der Waals surface area contributed by atoms with Gasteiger partial charge in [0.25, 0.3) is 0 Å². The van der Waals surface area contributed by atoms with Crippen molar-refractivity contribution in [2.75, 3.05) is 11.6 Å². The number of sulfonamides is 2. The monoisotopic (exact) mass is 329 g/mol. The SMILES string of the molecule is O=S(=O)(CCCCl)NS(=O)(=O)C(F)(F)F.[KH]. The van der Waals surface area contributed by atoms with Gasteiger partial charge in [0.05, 0.1) is 5.75 Å². The van der Waals surface area contributed by atoms with Gasteiger partial charge in [-0.2, -0.15) is 13.2 Å². The molecular weight excluding hydrogens is 322 g/mol. The van der Waals surface area contributed by atoms with Gasteiger partial charge in [0.1, 0.15) is 0 Å². The molecule has 0 aromatic rings. The van der Waals surface area contributed by atoms with Crippen molar-refractivity contribution in [2.24, 2.45) is 0 Å². The van der Waals surface area contributed by atoms with E-state index in [0.29, 0.717) is 4.13 Å². The van der Waals surface area contributed by atoms with Crippen molar-refractivity contribution in [1.29, 1.82) is 0 Å². The first kappa shape index (κ1) is 19.9. The molecule has 94 valence electrons. The average molecular weight is 330 g/mol. The first-order valence-corrected chi connectivity index (χ1v) is 7.07. The first-order chi connectivity index (χ1) is 6.52. The molecule has 0 aromatic heterocycles. The Labute approximate surface area is 139 Å². The maximum atomic E-state index is 11.7. The van der Waals surface area contributed by atoms with E-state index in [4.69, 9.17) is 11.6 Å². The van der Waals surface area contributed by atoms with E-state index in [1.54, 1.807) is 0 Å². The summed E-state index contributed by atoms with van der Waals surface area (Å²) in [6.45, 7) is 0. The second-order valence-electron chi connectivity index (χ2n) is 2.39. The minimum absolute atomic E-state index is 0. The van der Waals surface area contributed by atoms with Gasteiger partial charge >= 0.3 is 66.9 Å². The number of alkyl halides is 4. The molecule has 0 saturated carbocycles. The van der Waals surface area contributed by atoms with Crippen LogP contribution in [-0.2, 0) is 20.0 Å². The average Bonchev–Trinajstić information content (AvgIpc) is 1.96. The first-order valence-electron chi connectivity index (χ1n) is 3.40. The van der Waals surface area contributed by atoms with Crippen LogP contribution in [0.15, 0.2) is 0 Å². The fourth-order valence-corrected chi connectivity index (χ4v) is 3.37. The Morgan fingerprint density at radius 2 is 1.56 bits per heavy atom. The van der Waals surface area contributed by atoms with E-state index < -0.39 is 31.3 Å². The van der Waals surface area contributed by atoms with Gasteiger partial charge in [-0.15, -0.1) is 15.7 Å². The Hall–Kier alpha value is 1.58. The predicted molar refractivity (Wildman–Crippen MR) is 54.4 cm³/mol. The summed E-state index contributed by atoms with van der Waals surface area (Å²) in [5.74, 6) is -0.890. The van der Waals surface area contributed by atoms with E-state index in [2.05, 4.69) is 0 Å². The molecule has 0 bridgehead atoms. The molecule has 0 aliphatic heterocycles. The molecule has 1 N–H and O–H groups in total. The summed E-state index contributed by atoms with van der Waals surface area (Å²) in [5.41, 5.74) is -5.65. The number of nitrogens with one attached hydrogen (secondary N) is 1. The van der Waals surface area contributed by atoms with E-state index in [1.165, 1.54) is 0 Å². The maximum absolute atomic E-state index is 11.7. The topological polar surface area (TPSA) is 80.3 Å². The predicted octanol–water partition coefficient (Wildman–Crippen LogP) is -0.264. The molecule has 0 heterocycles. The van der Waals surface area contributed by atoms with Crippen LogP contribution in [0.25, 0.3) is 0 Å². The zero-order chi connectivity index (χ0) is 12.3. The number of hydrogen-bond acceptors (Lipinski definition) is 4. The molecule has 0 fully saturated rings. The summed E-state index contributed by atoms with van der Waals surface area (Å²) in [7, 11) is -10.4. The fraction of sp³-hybridized carbons (Fsp3) is 1.00. The van der Waals surface area contributed by atoms with Crippen LogP contribution >= 0.6 is 11.6 Å². The molecule has 0 aromatic carbocycles. The summed E-state index contributed by atoms with van der Waals surface area (Å²) >= 11 is 5.10. The standard InChI is InChI=1S/C4H7ClF3NO4S2.K.H/c5-2-1-3-14(10,11)9-15(12,13)4(6,7)8;;/h9H,1-3H2;;. The molecule has 0 radical (unpaired) electrons. The second-order valence-corrected chi connectivity index (χ2v) is 6.55. The third-order valence-electron chi connectivity index (χ3n) is 1.09. The van der Waals surface area contributed by atoms with Crippen LogP contribution in [0.5, 0.6) is 0 Å². The van der Waals surface area contributed by atoms with E-state index in [9.17, 15) is 30.0 Å². The molecule has 0 spiro atoms. The summed E-state index contributed by atoms with van der Waals surface area (Å²) in [4.78, 5) is 0. The quantitative estimate of drug-likeness (QED) is 0.556. The Bertz CT molecular complexity index is 405. The van der Waals surface area contributed by atoms with Crippen molar-refractivity contribution in [3.63, 3.8) is 0 Å². The Morgan fingerprint density at radius 1 is 1.12 bits per heavy atom. The van der Waals surface area contributed by atoms with Crippen LogP contribution in [0.3, 0.4) is 0 Å². The minimum atomic E-state index is -5.87. The van der Waals surface area contributed by atoms with Crippen LogP contribution in [-0.4, -0.2) is 85.4 Å². The molecule has 0 unspecified atom stereocenters. The Kier molecular flexibility index (Phi) is 9.00. The van der Waals surface area contributed by atoms with Crippen LogP contribution < -0.4 is 4.13 Å². The van der Waals surface area contributed by atoms with Gasteiger partial charge in [-0.1, -0.05) is 0 Å². The van der Waals surface area contributed by atoms with Crippen molar-refractivity contribution in [1.82, 2.24) is 4.13 Å². The van der Waals surface area contributed by atoms with Crippen LogP contribution in [0.2, 0.25) is 0 Å². The van der Waals surface area contributed by atoms with Crippen LogP contribution in [0.1, 0.15) is 6.42 Å². The second kappa shape index (κ2) is 7.24. The molecule has 0 saturated heterocycles. The molecule has 0 aliphatic carbocycles. The van der Waals surface area contributed by atoms with E-state index in [-0.39, 0.29) is 63.7 Å². The Morgan fingerprint density at radius 3 is 1.88 bits per heavy atom. The zero-order valence-corrected chi connectivity index (χ0v) is 9.47. The molecule has 12 heteroatoms. The van der Waals surface area contributed by atoms with Crippen LogP contribution in [0.4, 0.5) is 13.2 Å². The normalized spacial score (nSPS) is 13.2. The van der Waals surface area contributed by atoms with Gasteiger partial charge in [-0.25, -0.2) is 16.8 Å². The molecule has 0 aliphatic rings. The summed E-state index contributed by atoms with van der Waals surface area (Å²) in [6.07, 6.45) is -0.149. The van der Waals surface area contributed by atoms with Crippen molar-refractivity contribution in [2.45, 2.75) is 11.9 Å². The van der Waals surface area contributed by atoms with E-state index in [1.807, 2.05) is 0 Å². The molecule has 16 heavy (non-hydrogen) atoms. The summed E-state index contributed by atoms with van der Waals surface area (Å²) in [6, 6.07) is 0. The van der Waals surface area contributed by atoms with Crippen molar-refractivity contribution in [3.8, 4) is 0 Å². The summed E-state index contributed by atoms with van der Waals surface area (Å²) in [5, 5.41) is 0. The third kappa shape index (κ3) is 7.11. The molecule has 5 nitrogen and oxygen atoms in total. The van der Waals surface area contributed by atoms with E-state index in [0.717, 1.165) is 0 Å². The zero-order valence-electron chi connectivity index (χ0n) is 7.08. The fourth-order valence-electron chi connectivity index (χ4n) is 0.501. The number of rotatable bonds is 5. The van der Waals surface area contributed by atoms with Gasteiger partial charge in [0.15, 0.2) is 0 Å². The molecular formula is C4H8ClF3KNO4S2. The van der Waals surface area contributed by atoms with Gasteiger partial charge in [-0.3, -0.25) is 0 Å². The van der Waals surface area contributed by atoms with Gasteiger partial charge in [0.2, 0.25) is 10.0 Å². The van der Waals surface area contributed by atoms with Crippen molar-refractivity contribution < 1.29 is 30.0 Å². The van der Waals surface area contributed by atoms with Gasteiger partial charge in [-0.05, 0) is 6.42 Å². The van der Waals surface area contributed by atoms with Crippen LogP contribution in [0, 0.1) is 0 Å². The number of hydrogen-bond donors (Lipinski definition) is 1. The molecule has 0 rings (SSSR count). The third-order valence-corrected chi connectivity index (χ3v) is 4.68. The van der Waals surface area contributed by atoms with Gasteiger partial charge < -0.3 is 0 Å². The Balaban J connectivity index is 0.